The van der Waals surface area contributed by atoms with Crippen molar-refractivity contribution in [3.63, 3.8) is 0 Å². The average Bonchev–Trinajstić information content (AvgIpc) is 2.82. The zero-order chi connectivity index (χ0) is 24.0. The highest BCUT2D eigenvalue weighted by molar-refractivity contribution is 7.99. The van der Waals surface area contributed by atoms with Crippen LogP contribution in [0, 0.1) is 17.2 Å². The molecule has 8 heteroatoms. The zero-order valence-electron chi connectivity index (χ0n) is 18.7. The van der Waals surface area contributed by atoms with E-state index in [-0.39, 0.29) is 11.5 Å². The number of benzene rings is 2. The quantitative estimate of drug-likeness (QED) is 0.474. The summed E-state index contributed by atoms with van der Waals surface area (Å²) < 4.78 is 44.5. The number of likely N-dealkylation sites (tertiary alicyclic amines) is 1. The number of carbonyl (C=O) groups is 1. The van der Waals surface area contributed by atoms with Gasteiger partial charge in [0.15, 0.2) is 0 Å². The minimum atomic E-state index is -4.44. The maximum absolute atomic E-state index is 13.3. The molecule has 0 unspecified atom stereocenters. The summed E-state index contributed by atoms with van der Waals surface area (Å²) in [5.74, 6) is 2.93. The third-order valence-electron chi connectivity index (χ3n) is 5.75. The second-order valence-corrected chi connectivity index (χ2v) is 9.23. The predicted octanol–water partition coefficient (Wildman–Crippen LogP) is 6.25. The second-order valence-electron chi connectivity index (χ2n) is 7.91. The molecule has 0 spiro atoms. The summed E-state index contributed by atoms with van der Waals surface area (Å²) in [4.78, 5) is 15.1. The number of hydrogen-bond donors (Lipinski definition) is 0. The van der Waals surface area contributed by atoms with Crippen molar-refractivity contribution in [1.82, 2.24) is 4.90 Å². The number of nitriles is 1. The minimum absolute atomic E-state index is 0.185. The number of nitrogens with zero attached hydrogens (tertiary/aromatic N) is 2. The summed E-state index contributed by atoms with van der Waals surface area (Å²) in [5.41, 5.74) is 0.652. The highest BCUT2D eigenvalue weighted by atomic mass is 32.2. The molecule has 1 amide bonds. The maximum Gasteiger partial charge on any atom is 0.416 e. The lowest BCUT2D eigenvalue weighted by atomic mass is 9.95. The number of ether oxygens (including phenoxy) is 1. The van der Waals surface area contributed by atoms with Gasteiger partial charge >= 0.3 is 6.18 Å². The Morgan fingerprint density at radius 3 is 2.39 bits per heavy atom. The Bertz CT molecular complexity index is 1010. The fourth-order valence-corrected chi connectivity index (χ4v) is 4.85. The van der Waals surface area contributed by atoms with Gasteiger partial charge < -0.3 is 9.64 Å². The molecule has 0 atom stereocenters. The molecule has 0 aromatic heterocycles. The van der Waals surface area contributed by atoms with Crippen LogP contribution in [0.4, 0.5) is 13.2 Å². The number of alkyl halides is 3. The van der Waals surface area contributed by atoms with Crippen molar-refractivity contribution in [3.05, 3.63) is 53.1 Å². The van der Waals surface area contributed by atoms with Gasteiger partial charge in [0.25, 0.3) is 5.91 Å². The van der Waals surface area contributed by atoms with Crippen LogP contribution in [0.1, 0.15) is 48.2 Å². The minimum Gasteiger partial charge on any atom is -0.493 e. The highest BCUT2D eigenvalue weighted by Crippen LogP contribution is 2.35. The summed E-state index contributed by atoms with van der Waals surface area (Å²) in [6, 6.07) is 9.79. The van der Waals surface area contributed by atoms with Gasteiger partial charge in [-0.05, 0) is 67.0 Å². The molecule has 0 radical (unpaired) electrons. The van der Waals surface area contributed by atoms with Gasteiger partial charge in [-0.2, -0.15) is 30.2 Å². The first-order chi connectivity index (χ1) is 15.8. The van der Waals surface area contributed by atoms with E-state index in [1.807, 2.05) is 11.8 Å². The molecule has 1 aliphatic rings. The van der Waals surface area contributed by atoms with Gasteiger partial charge in [-0.3, -0.25) is 4.79 Å². The summed E-state index contributed by atoms with van der Waals surface area (Å²) in [6.07, 6.45) is -2.55. The number of thioether (sulfide) groups is 1. The molecular formula is C25H27F3N2O2S. The third kappa shape index (κ3) is 6.02. The second kappa shape index (κ2) is 11.0. The number of piperidine rings is 1. The molecule has 2 aromatic carbocycles. The molecule has 3 rings (SSSR count). The summed E-state index contributed by atoms with van der Waals surface area (Å²) in [5, 5.41) is 9.72. The molecule has 4 nitrogen and oxygen atoms in total. The molecule has 176 valence electrons. The van der Waals surface area contributed by atoms with Crippen LogP contribution >= 0.6 is 11.8 Å². The summed E-state index contributed by atoms with van der Waals surface area (Å²) in [7, 11) is 0. The Hall–Kier alpha value is -2.66. The smallest absolute Gasteiger partial charge is 0.416 e. The van der Waals surface area contributed by atoms with Crippen molar-refractivity contribution in [2.45, 2.75) is 32.9 Å². The van der Waals surface area contributed by atoms with Gasteiger partial charge in [0, 0.05) is 18.7 Å². The van der Waals surface area contributed by atoms with Crippen LogP contribution in [-0.2, 0) is 6.18 Å². The van der Waals surface area contributed by atoms with Crippen LogP contribution < -0.4 is 4.74 Å². The van der Waals surface area contributed by atoms with Crippen LogP contribution in [0.3, 0.4) is 0 Å². The Labute approximate surface area is 196 Å². The van der Waals surface area contributed by atoms with E-state index in [0.29, 0.717) is 48.1 Å². The molecule has 0 bridgehead atoms. The summed E-state index contributed by atoms with van der Waals surface area (Å²) >= 11 is 1.91. The molecule has 1 saturated heterocycles. The molecule has 1 heterocycles. The van der Waals surface area contributed by atoms with E-state index in [1.54, 1.807) is 17.9 Å². The fourth-order valence-electron chi connectivity index (χ4n) is 3.95. The number of amides is 1. The first-order valence-electron chi connectivity index (χ1n) is 11.0. The number of rotatable bonds is 7. The van der Waals surface area contributed by atoms with Gasteiger partial charge in [-0.1, -0.05) is 19.1 Å². The van der Waals surface area contributed by atoms with Gasteiger partial charge in [-0.15, -0.1) is 0 Å². The van der Waals surface area contributed by atoms with Crippen molar-refractivity contribution in [1.29, 1.82) is 5.26 Å². The number of hydrogen-bond acceptors (Lipinski definition) is 4. The van der Waals surface area contributed by atoms with E-state index in [1.165, 1.54) is 18.2 Å². The van der Waals surface area contributed by atoms with Crippen molar-refractivity contribution < 1.29 is 22.7 Å². The number of halogens is 3. The van der Waals surface area contributed by atoms with Crippen molar-refractivity contribution in [2.75, 3.05) is 31.2 Å². The molecule has 1 fully saturated rings. The molecule has 2 aromatic rings. The SMILES string of the molecule is CCOc1cc(-c2ccc(C(F)(F)F)cc2)c(C#N)cc1C(=O)N1CCC(CSCC)CC1. The highest BCUT2D eigenvalue weighted by Gasteiger charge is 2.30. The van der Waals surface area contributed by atoms with Crippen LogP contribution in [0.5, 0.6) is 5.75 Å². The molecule has 0 aliphatic carbocycles. The first-order valence-corrected chi connectivity index (χ1v) is 12.2. The van der Waals surface area contributed by atoms with Gasteiger partial charge in [0.2, 0.25) is 0 Å². The molecule has 33 heavy (non-hydrogen) atoms. The fraction of sp³-hybridized carbons (Fsp3) is 0.440. The van der Waals surface area contributed by atoms with Crippen LogP contribution in [0.15, 0.2) is 36.4 Å². The standard InChI is InChI=1S/C25H27F3N2O2S/c1-3-32-23-14-21(18-5-7-20(8-6-18)25(26,27)28)19(15-29)13-22(23)24(31)30-11-9-17(10-12-30)16-33-4-2/h5-8,13-14,17H,3-4,9-12,16H2,1-2H3. The van der Waals surface area contributed by atoms with E-state index in [9.17, 15) is 23.2 Å². The number of carbonyl (C=O) groups excluding carboxylic acids is 1. The maximum atomic E-state index is 13.3. The van der Waals surface area contributed by atoms with Crippen LogP contribution in [0.25, 0.3) is 11.1 Å². The monoisotopic (exact) mass is 476 g/mol. The first kappa shape index (κ1) is 25.0. The van der Waals surface area contributed by atoms with E-state index in [0.717, 1.165) is 36.5 Å². The average molecular weight is 477 g/mol. The van der Waals surface area contributed by atoms with Crippen LogP contribution in [0.2, 0.25) is 0 Å². The largest absolute Gasteiger partial charge is 0.493 e. The predicted molar refractivity (Wildman–Crippen MR) is 124 cm³/mol. The summed E-state index contributed by atoms with van der Waals surface area (Å²) in [6.45, 7) is 5.56. The Kier molecular flexibility index (Phi) is 8.30. The van der Waals surface area contributed by atoms with E-state index in [4.69, 9.17) is 4.74 Å². The lowest BCUT2D eigenvalue weighted by Crippen LogP contribution is -2.39. The Morgan fingerprint density at radius 1 is 1.18 bits per heavy atom. The topological polar surface area (TPSA) is 53.3 Å². The van der Waals surface area contributed by atoms with Gasteiger partial charge in [-0.25, -0.2) is 0 Å². The molecular weight excluding hydrogens is 449 g/mol. The lowest BCUT2D eigenvalue weighted by Gasteiger charge is -2.32. The zero-order valence-corrected chi connectivity index (χ0v) is 19.6. The Morgan fingerprint density at radius 2 is 1.85 bits per heavy atom. The normalized spacial score (nSPS) is 14.7. The molecule has 0 saturated carbocycles. The van der Waals surface area contributed by atoms with Gasteiger partial charge in [0.05, 0.1) is 29.4 Å². The van der Waals surface area contributed by atoms with Crippen molar-refractivity contribution in [2.24, 2.45) is 5.92 Å². The van der Waals surface area contributed by atoms with Gasteiger partial charge in [0.1, 0.15) is 5.75 Å². The van der Waals surface area contributed by atoms with E-state index < -0.39 is 11.7 Å². The van der Waals surface area contributed by atoms with Crippen molar-refractivity contribution >= 4 is 17.7 Å². The van der Waals surface area contributed by atoms with Crippen LogP contribution in [-0.4, -0.2) is 42.0 Å². The van der Waals surface area contributed by atoms with Crippen molar-refractivity contribution in [3.8, 4) is 22.9 Å². The molecule has 0 N–H and O–H groups in total. The third-order valence-corrected chi connectivity index (χ3v) is 6.87. The lowest BCUT2D eigenvalue weighted by molar-refractivity contribution is -0.137. The van der Waals surface area contributed by atoms with E-state index >= 15 is 0 Å². The molecule has 1 aliphatic heterocycles. The van der Waals surface area contributed by atoms with E-state index in [2.05, 4.69) is 13.0 Å². The Balaban J connectivity index is 1.89.